The SMILES string of the molecule is COc1cc2c(Oc3ccc(NC(=O)c4nccn(-c5ccc(F)cc5)c4=O)cc3F)ccnc2cc1OCCCN1CCN(C)CC1. The predicted molar refractivity (Wildman–Crippen MR) is 177 cm³/mol. The number of aromatic nitrogens is 3. The van der Waals surface area contributed by atoms with Gasteiger partial charge in [0.15, 0.2) is 28.8 Å². The molecular weight excluding hydrogens is 622 g/mol. The van der Waals surface area contributed by atoms with Crippen LogP contribution >= 0.6 is 0 Å². The highest BCUT2D eigenvalue weighted by atomic mass is 19.1. The molecule has 0 radical (unpaired) electrons. The minimum Gasteiger partial charge on any atom is -0.493 e. The molecule has 11 nitrogen and oxygen atoms in total. The molecule has 1 fully saturated rings. The maximum atomic E-state index is 15.3. The van der Waals surface area contributed by atoms with E-state index in [2.05, 4.69) is 32.1 Å². The molecule has 248 valence electrons. The van der Waals surface area contributed by atoms with Gasteiger partial charge in [-0.2, -0.15) is 0 Å². The van der Waals surface area contributed by atoms with Gasteiger partial charge in [0, 0.05) is 80.2 Å². The van der Waals surface area contributed by atoms with Gasteiger partial charge in [-0.1, -0.05) is 0 Å². The molecule has 0 bridgehead atoms. The van der Waals surface area contributed by atoms with E-state index < -0.39 is 28.8 Å². The molecule has 3 aromatic carbocycles. The predicted octanol–water partition coefficient (Wildman–Crippen LogP) is 5.13. The normalized spacial score (nSPS) is 13.8. The Bertz CT molecular complexity index is 1980. The third kappa shape index (κ3) is 7.42. The molecule has 48 heavy (non-hydrogen) atoms. The minimum atomic E-state index is -0.839. The third-order valence-electron chi connectivity index (χ3n) is 8.03. The smallest absolute Gasteiger partial charge is 0.286 e. The minimum absolute atomic E-state index is 0.0823. The van der Waals surface area contributed by atoms with Crippen molar-refractivity contribution in [3.05, 3.63) is 107 Å². The molecule has 1 saturated heterocycles. The zero-order chi connectivity index (χ0) is 33.6. The van der Waals surface area contributed by atoms with Crippen LogP contribution in [0.3, 0.4) is 0 Å². The molecule has 6 rings (SSSR count). The van der Waals surface area contributed by atoms with E-state index in [0.29, 0.717) is 40.4 Å². The molecular formula is C35H34F2N6O5. The van der Waals surface area contributed by atoms with Crippen molar-refractivity contribution < 1.29 is 27.8 Å². The molecule has 0 spiro atoms. The van der Waals surface area contributed by atoms with Crippen LogP contribution in [-0.4, -0.2) is 83.7 Å². The molecule has 1 aliphatic rings. The maximum Gasteiger partial charge on any atom is 0.286 e. The van der Waals surface area contributed by atoms with Crippen molar-refractivity contribution >= 4 is 22.5 Å². The van der Waals surface area contributed by atoms with Crippen molar-refractivity contribution in [2.24, 2.45) is 0 Å². The Kier molecular flexibility index (Phi) is 9.88. The second kappa shape index (κ2) is 14.6. The third-order valence-corrected chi connectivity index (χ3v) is 8.03. The number of amides is 1. The molecule has 1 aliphatic heterocycles. The average Bonchev–Trinajstić information content (AvgIpc) is 3.09. The number of hydrogen-bond donors (Lipinski definition) is 1. The van der Waals surface area contributed by atoms with Gasteiger partial charge in [0.05, 0.1) is 19.2 Å². The summed E-state index contributed by atoms with van der Waals surface area (Å²) in [5, 5.41) is 3.08. The number of likely N-dealkylation sites (N-methyl/N-ethyl adjacent to an activating group) is 1. The van der Waals surface area contributed by atoms with Crippen LogP contribution in [0.25, 0.3) is 16.6 Å². The molecule has 3 heterocycles. The number of ether oxygens (including phenoxy) is 3. The van der Waals surface area contributed by atoms with Crippen LogP contribution in [0.1, 0.15) is 16.9 Å². The Balaban J connectivity index is 1.13. The van der Waals surface area contributed by atoms with Crippen LogP contribution in [0.4, 0.5) is 14.5 Å². The summed E-state index contributed by atoms with van der Waals surface area (Å²) < 4.78 is 47.4. The number of nitrogens with one attached hydrogen (secondary N) is 1. The molecule has 0 atom stereocenters. The number of fused-ring (bicyclic) bond motifs is 1. The van der Waals surface area contributed by atoms with E-state index in [1.807, 2.05) is 0 Å². The van der Waals surface area contributed by atoms with Gasteiger partial charge >= 0.3 is 0 Å². The standard InChI is InChI=1S/C35H34F2N6O5/c1-41-15-17-42(18-16-41)13-3-19-47-32-22-28-26(21-31(32)46-2)29(10-11-38-28)48-30-9-6-24(20-27(30)37)40-34(44)33-35(45)43(14-12-39-33)25-7-4-23(36)5-8-25/h4-12,14,20-22H,3,13,15-19H2,1-2H3,(H,40,44). The van der Waals surface area contributed by atoms with Crippen LogP contribution in [0.15, 0.2) is 84.0 Å². The summed E-state index contributed by atoms with van der Waals surface area (Å²) in [6.45, 7) is 5.70. The van der Waals surface area contributed by atoms with E-state index >= 15 is 4.39 Å². The zero-order valence-corrected chi connectivity index (χ0v) is 26.5. The highest BCUT2D eigenvalue weighted by molar-refractivity contribution is 6.02. The first kappa shape index (κ1) is 32.5. The molecule has 13 heteroatoms. The maximum absolute atomic E-state index is 15.3. The first-order chi connectivity index (χ1) is 23.3. The Labute approximate surface area is 275 Å². The van der Waals surface area contributed by atoms with Crippen molar-refractivity contribution in [1.82, 2.24) is 24.3 Å². The summed E-state index contributed by atoms with van der Waals surface area (Å²) in [6.07, 6.45) is 5.06. The Morgan fingerprint density at radius 1 is 0.896 bits per heavy atom. The second-order valence-electron chi connectivity index (χ2n) is 11.3. The van der Waals surface area contributed by atoms with E-state index in [4.69, 9.17) is 14.2 Å². The lowest BCUT2D eigenvalue weighted by atomic mass is 10.1. The second-order valence-corrected chi connectivity index (χ2v) is 11.3. The monoisotopic (exact) mass is 656 g/mol. The van der Waals surface area contributed by atoms with E-state index in [9.17, 15) is 14.0 Å². The number of carbonyl (C=O) groups is 1. The summed E-state index contributed by atoms with van der Waals surface area (Å²) in [4.78, 5) is 39.0. The van der Waals surface area contributed by atoms with Crippen molar-refractivity contribution in [2.75, 3.05) is 58.8 Å². The van der Waals surface area contributed by atoms with Gasteiger partial charge in [0.1, 0.15) is 11.6 Å². The number of carbonyl (C=O) groups excluding carboxylic acids is 1. The number of nitrogens with zero attached hydrogens (tertiary/aromatic N) is 5. The van der Waals surface area contributed by atoms with E-state index in [0.717, 1.165) is 49.8 Å². The van der Waals surface area contributed by atoms with Crippen molar-refractivity contribution in [2.45, 2.75) is 6.42 Å². The highest BCUT2D eigenvalue weighted by Gasteiger charge is 2.18. The summed E-state index contributed by atoms with van der Waals surface area (Å²) in [5.41, 5.74) is -0.126. The molecule has 0 saturated carbocycles. The van der Waals surface area contributed by atoms with Crippen LogP contribution < -0.4 is 25.1 Å². The highest BCUT2D eigenvalue weighted by Crippen LogP contribution is 2.38. The van der Waals surface area contributed by atoms with Crippen molar-refractivity contribution in [3.8, 4) is 28.7 Å². The molecule has 1 N–H and O–H groups in total. The fraction of sp³-hybridized carbons (Fsp3) is 0.257. The number of benzene rings is 3. The van der Waals surface area contributed by atoms with E-state index in [1.165, 1.54) is 48.8 Å². The van der Waals surface area contributed by atoms with Gasteiger partial charge in [-0.3, -0.25) is 19.1 Å². The fourth-order valence-corrected chi connectivity index (χ4v) is 5.37. The Morgan fingerprint density at radius 2 is 1.69 bits per heavy atom. The van der Waals surface area contributed by atoms with Gasteiger partial charge in [-0.05, 0) is 62.0 Å². The van der Waals surface area contributed by atoms with E-state index in [1.54, 1.807) is 31.5 Å². The van der Waals surface area contributed by atoms with Crippen LogP contribution in [0, 0.1) is 11.6 Å². The summed E-state index contributed by atoms with van der Waals surface area (Å²) >= 11 is 0. The summed E-state index contributed by atoms with van der Waals surface area (Å²) in [6, 6.07) is 14.2. The summed E-state index contributed by atoms with van der Waals surface area (Å²) in [7, 11) is 3.68. The van der Waals surface area contributed by atoms with E-state index in [-0.39, 0.29) is 11.4 Å². The number of pyridine rings is 1. The largest absolute Gasteiger partial charge is 0.493 e. The van der Waals surface area contributed by atoms with Gasteiger partial charge < -0.3 is 29.3 Å². The molecule has 0 unspecified atom stereocenters. The van der Waals surface area contributed by atoms with Crippen LogP contribution in [0.2, 0.25) is 0 Å². The van der Waals surface area contributed by atoms with Crippen molar-refractivity contribution in [1.29, 1.82) is 0 Å². The van der Waals surface area contributed by atoms with Crippen LogP contribution in [-0.2, 0) is 0 Å². The lowest BCUT2D eigenvalue weighted by molar-refractivity contribution is 0.102. The fourth-order valence-electron chi connectivity index (χ4n) is 5.37. The number of halogens is 2. The summed E-state index contributed by atoms with van der Waals surface area (Å²) in [5.74, 6) is -0.774. The number of rotatable bonds is 11. The van der Waals surface area contributed by atoms with Crippen LogP contribution in [0.5, 0.6) is 23.0 Å². The Morgan fingerprint density at radius 3 is 2.44 bits per heavy atom. The quantitative estimate of drug-likeness (QED) is 0.194. The van der Waals surface area contributed by atoms with Gasteiger partial charge in [-0.25, -0.2) is 13.8 Å². The number of hydrogen-bond acceptors (Lipinski definition) is 9. The number of anilines is 1. The first-order valence-corrected chi connectivity index (χ1v) is 15.4. The Hall–Kier alpha value is -5.40. The molecule has 0 aliphatic carbocycles. The van der Waals surface area contributed by atoms with Gasteiger partial charge in [0.2, 0.25) is 0 Å². The first-order valence-electron chi connectivity index (χ1n) is 15.4. The topological polar surface area (TPSA) is 111 Å². The van der Waals surface area contributed by atoms with Gasteiger partial charge in [0.25, 0.3) is 11.5 Å². The number of methoxy groups -OCH3 is 1. The lowest BCUT2D eigenvalue weighted by Gasteiger charge is -2.32. The lowest BCUT2D eigenvalue weighted by Crippen LogP contribution is -2.44. The molecule has 2 aromatic heterocycles. The molecule has 5 aromatic rings. The van der Waals surface area contributed by atoms with Gasteiger partial charge in [-0.15, -0.1) is 0 Å². The van der Waals surface area contributed by atoms with Crippen molar-refractivity contribution in [3.63, 3.8) is 0 Å². The average molecular weight is 657 g/mol. The molecule has 1 amide bonds. The zero-order valence-electron chi connectivity index (χ0n) is 26.5. The number of piperazine rings is 1.